The molecule has 0 spiro atoms. The molecule has 0 aromatic heterocycles. The first-order valence-corrected chi connectivity index (χ1v) is 8.45. The van der Waals surface area contributed by atoms with E-state index in [1.54, 1.807) is 11.1 Å². The summed E-state index contributed by atoms with van der Waals surface area (Å²) in [4.78, 5) is 0. The fourth-order valence-corrected chi connectivity index (χ4v) is 4.51. The third-order valence-corrected chi connectivity index (χ3v) is 5.50. The highest BCUT2D eigenvalue weighted by atomic mass is 14.4. The molecule has 2 aliphatic rings. The van der Waals surface area contributed by atoms with Gasteiger partial charge in [0.25, 0.3) is 0 Å². The minimum atomic E-state index is 0.648. The van der Waals surface area contributed by atoms with Crippen LogP contribution in [0.1, 0.15) is 49.1 Å². The Balaban J connectivity index is 1.89. The summed E-state index contributed by atoms with van der Waals surface area (Å²) in [7, 11) is 4.46. The first kappa shape index (κ1) is 13.2. The number of hydrogen-bond donors (Lipinski definition) is 0. The summed E-state index contributed by atoms with van der Waals surface area (Å²) in [6, 6.07) is 14.1. The van der Waals surface area contributed by atoms with E-state index in [9.17, 15) is 0 Å². The van der Waals surface area contributed by atoms with Gasteiger partial charge in [0, 0.05) is 5.92 Å². The minimum Gasteiger partial charge on any atom is -0.0886 e. The van der Waals surface area contributed by atoms with Crippen LogP contribution < -0.4 is 10.9 Å². The Morgan fingerprint density at radius 3 is 1.76 bits per heavy atom. The molecule has 0 heterocycles. The first-order valence-electron chi connectivity index (χ1n) is 8.45. The topological polar surface area (TPSA) is 0 Å². The summed E-state index contributed by atoms with van der Waals surface area (Å²) >= 11 is 0. The summed E-state index contributed by atoms with van der Waals surface area (Å²) < 4.78 is 0. The van der Waals surface area contributed by atoms with Gasteiger partial charge in [0.05, 0.1) is 0 Å². The molecule has 2 heteroatoms. The van der Waals surface area contributed by atoms with Gasteiger partial charge in [-0.2, -0.15) is 0 Å². The van der Waals surface area contributed by atoms with Crippen molar-refractivity contribution in [1.29, 1.82) is 0 Å². The highest BCUT2D eigenvalue weighted by Gasteiger charge is 2.34. The molecule has 4 rings (SSSR count). The van der Waals surface area contributed by atoms with E-state index >= 15 is 0 Å². The van der Waals surface area contributed by atoms with Crippen LogP contribution >= 0.6 is 0 Å². The smallest absolute Gasteiger partial charge is 0.0886 e. The van der Waals surface area contributed by atoms with Crippen molar-refractivity contribution < 1.29 is 0 Å². The second-order valence-electron chi connectivity index (χ2n) is 7.06. The van der Waals surface area contributed by atoms with Crippen LogP contribution in [0.25, 0.3) is 11.1 Å². The van der Waals surface area contributed by atoms with Crippen molar-refractivity contribution in [2.75, 3.05) is 0 Å². The van der Waals surface area contributed by atoms with Crippen molar-refractivity contribution in [2.24, 2.45) is 5.92 Å². The monoisotopic (exact) mass is 272 g/mol. The number of rotatable bonds is 1. The fraction of sp³-hybridized carbons (Fsp3) is 0.368. The molecule has 0 unspecified atom stereocenters. The van der Waals surface area contributed by atoms with Gasteiger partial charge >= 0.3 is 0 Å². The highest BCUT2D eigenvalue weighted by Crippen LogP contribution is 2.50. The van der Waals surface area contributed by atoms with Crippen molar-refractivity contribution in [3.05, 3.63) is 47.5 Å². The normalized spacial score (nSPS) is 18.5. The Hall–Kier alpha value is -1.43. The molecule has 0 aliphatic heterocycles. The van der Waals surface area contributed by atoms with Crippen LogP contribution in [0.2, 0.25) is 0 Å². The van der Waals surface area contributed by atoms with Gasteiger partial charge in [0.15, 0.2) is 0 Å². The lowest BCUT2D eigenvalue weighted by atomic mass is 9.74. The van der Waals surface area contributed by atoms with Gasteiger partial charge in [0.2, 0.25) is 0 Å². The Bertz CT molecular complexity index is 632. The second-order valence-corrected chi connectivity index (χ2v) is 7.06. The van der Waals surface area contributed by atoms with E-state index in [0.29, 0.717) is 5.92 Å². The molecular formula is C19H22B2. The third-order valence-electron chi connectivity index (χ3n) is 5.50. The van der Waals surface area contributed by atoms with E-state index in [1.807, 2.05) is 0 Å². The molecule has 104 valence electrons. The van der Waals surface area contributed by atoms with Crippen molar-refractivity contribution in [2.45, 2.75) is 38.0 Å². The Kier molecular flexibility index (Phi) is 3.21. The average Bonchev–Trinajstić information content (AvgIpc) is 2.80. The molecule has 2 aromatic carbocycles. The fourth-order valence-electron chi connectivity index (χ4n) is 4.51. The molecule has 2 aromatic rings. The lowest BCUT2D eigenvalue weighted by Gasteiger charge is -2.29. The summed E-state index contributed by atoms with van der Waals surface area (Å²) in [5.41, 5.74) is 8.99. The minimum absolute atomic E-state index is 0.648. The van der Waals surface area contributed by atoms with Crippen molar-refractivity contribution in [1.82, 2.24) is 0 Å². The molecule has 0 amide bonds. The Morgan fingerprint density at radius 2 is 1.24 bits per heavy atom. The van der Waals surface area contributed by atoms with Gasteiger partial charge in [0.1, 0.15) is 15.7 Å². The van der Waals surface area contributed by atoms with Crippen LogP contribution in [-0.2, 0) is 0 Å². The lowest BCUT2D eigenvalue weighted by Crippen LogP contribution is -2.18. The largest absolute Gasteiger partial charge is 0.139 e. The van der Waals surface area contributed by atoms with Crippen LogP contribution in [-0.4, -0.2) is 15.7 Å². The lowest BCUT2D eigenvalue weighted by molar-refractivity contribution is 0.330. The summed E-state index contributed by atoms with van der Waals surface area (Å²) in [6.07, 6.45) is 7.09. The van der Waals surface area contributed by atoms with Crippen LogP contribution in [0.4, 0.5) is 0 Å². The average molecular weight is 272 g/mol. The molecule has 0 saturated heterocycles. The maximum Gasteiger partial charge on any atom is 0.139 e. The summed E-state index contributed by atoms with van der Waals surface area (Å²) in [5, 5.41) is 0. The van der Waals surface area contributed by atoms with Crippen molar-refractivity contribution in [3.8, 4) is 11.1 Å². The Labute approximate surface area is 129 Å². The molecule has 0 atom stereocenters. The van der Waals surface area contributed by atoms with Crippen LogP contribution in [0.5, 0.6) is 0 Å². The van der Waals surface area contributed by atoms with Crippen molar-refractivity contribution >= 4 is 26.6 Å². The Morgan fingerprint density at radius 1 is 0.714 bits per heavy atom. The van der Waals surface area contributed by atoms with Gasteiger partial charge < -0.3 is 0 Å². The predicted molar refractivity (Wildman–Crippen MR) is 96.7 cm³/mol. The van der Waals surface area contributed by atoms with Gasteiger partial charge in [-0.15, -0.1) is 0 Å². The quantitative estimate of drug-likeness (QED) is 0.695. The zero-order chi connectivity index (χ0) is 14.4. The zero-order valence-corrected chi connectivity index (χ0v) is 13.2. The maximum absolute atomic E-state index is 2.45. The number of fused-ring (bicyclic) bond motifs is 3. The molecular weight excluding hydrogens is 250 g/mol. The van der Waals surface area contributed by atoms with E-state index in [2.05, 4.69) is 52.1 Å². The molecule has 0 bridgehead atoms. The highest BCUT2D eigenvalue weighted by molar-refractivity contribution is 6.33. The molecule has 0 N–H and O–H groups in total. The predicted octanol–water partition coefficient (Wildman–Crippen LogP) is 1.90. The summed E-state index contributed by atoms with van der Waals surface area (Å²) in [5.74, 6) is 1.50. The summed E-state index contributed by atoms with van der Waals surface area (Å²) in [6.45, 7) is 0. The maximum atomic E-state index is 2.45. The standard InChI is InChI=1S/C19H22B2/c20-13-6-8-15-16-9-7-14(21)11-18(16)19(17(15)10-13)12-4-2-1-3-5-12/h6-12,19H,1-5,20-21H2. The van der Waals surface area contributed by atoms with E-state index < -0.39 is 0 Å². The second kappa shape index (κ2) is 5.09. The molecule has 1 saturated carbocycles. The van der Waals surface area contributed by atoms with E-state index in [4.69, 9.17) is 0 Å². The third kappa shape index (κ3) is 2.16. The van der Waals surface area contributed by atoms with Gasteiger partial charge in [-0.05, 0) is 41.0 Å². The molecule has 1 fully saturated rings. The van der Waals surface area contributed by atoms with Gasteiger partial charge in [-0.25, -0.2) is 0 Å². The number of hydrogen-bond acceptors (Lipinski definition) is 0. The molecule has 0 nitrogen and oxygen atoms in total. The SMILES string of the molecule is Bc1ccc2c(c1)C(C1CCCCC1)c1cc(B)ccc1-2. The van der Waals surface area contributed by atoms with Crippen molar-refractivity contribution in [3.63, 3.8) is 0 Å². The number of benzene rings is 2. The molecule has 21 heavy (non-hydrogen) atoms. The molecule has 2 aliphatic carbocycles. The van der Waals surface area contributed by atoms with Gasteiger partial charge in [-0.3, -0.25) is 0 Å². The van der Waals surface area contributed by atoms with Crippen LogP contribution in [0.15, 0.2) is 36.4 Å². The van der Waals surface area contributed by atoms with Crippen LogP contribution in [0.3, 0.4) is 0 Å². The van der Waals surface area contributed by atoms with E-state index in [0.717, 1.165) is 5.92 Å². The first-order chi connectivity index (χ1) is 10.2. The van der Waals surface area contributed by atoms with E-state index in [1.165, 1.54) is 54.2 Å². The zero-order valence-electron chi connectivity index (χ0n) is 13.2. The van der Waals surface area contributed by atoms with E-state index in [-0.39, 0.29) is 0 Å². The molecule has 0 radical (unpaired) electrons. The van der Waals surface area contributed by atoms with Crippen LogP contribution in [0, 0.1) is 5.92 Å². The van der Waals surface area contributed by atoms with Gasteiger partial charge in [-0.1, -0.05) is 66.6 Å².